The Hall–Kier alpha value is -1.39. The van der Waals surface area contributed by atoms with Gasteiger partial charge in [-0.2, -0.15) is 0 Å². The summed E-state index contributed by atoms with van der Waals surface area (Å²) >= 11 is 3.36. The third-order valence-corrected chi connectivity index (χ3v) is 2.90. The molecule has 0 aliphatic carbocycles. The highest BCUT2D eigenvalue weighted by molar-refractivity contribution is 9.10. The first-order valence-electron chi connectivity index (χ1n) is 5.20. The zero-order valence-corrected chi connectivity index (χ0v) is 10.9. The molecule has 0 unspecified atom stereocenters. The number of aliphatic hydroxyl groups is 1. The number of nitrogens with zero attached hydrogens (tertiary/aromatic N) is 1. The smallest absolute Gasteiger partial charge is 0.219 e. The fourth-order valence-electron chi connectivity index (χ4n) is 1.41. The summed E-state index contributed by atoms with van der Waals surface area (Å²) in [6.45, 7) is 1.84. The van der Waals surface area contributed by atoms with Gasteiger partial charge in [-0.05, 0) is 42.8 Å². The van der Waals surface area contributed by atoms with Gasteiger partial charge in [0.05, 0.1) is 6.61 Å². The van der Waals surface area contributed by atoms with Crippen LogP contribution in [0.3, 0.4) is 0 Å². The van der Waals surface area contributed by atoms with Gasteiger partial charge in [0.25, 0.3) is 0 Å². The highest BCUT2D eigenvalue weighted by Crippen LogP contribution is 2.22. The van der Waals surface area contributed by atoms with Crippen LogP contribution in [0.25, 0.3) is 0 Å². The minimum Gasteiger partial charge on any atom is -0.439 e. The van der Waals surface area contributed by atoms with E-state index in [-0.39, 0.29) is 6.61 Å². The first-order chi connectivity index (χ1) is 8.19. The summed E-state index contributed by atoms with van der Waals surface area (Å²) in [4.78, 5) is 4.27. The SMILES string of the molecule is Cc1nc(Oc2ccc(Br)cc2)ccc1CO. The molecule has 0 amide bonds. The Morgan fingerprint density at radius 1 is 1.18 bits per heavy atom. The van der Waals surface area contributed by atoms with Gasteiger partial charge in [-0.25, -0.2) is 4.98 Å². The predicted octanol–water partition coefficient (Wildman–Crippen LogP) is 3.44. The van der Waals surface area contributed by atoms with Gasteiger partial charge in [-0.15, -0.1) is 0 Å². The van der Waals surface area contributed by atoms with Crippen LogP contribution in [-0.2, 0) is 6.61 Å². The lowest BCUT2D eigenvalue weighted by Gasteiger charge is -2.07. The lowest BCUT2D eigenvalue weighted by Crippen LogP contribution is -1.95. The Morgan fingerprint density at radius 2 is 1.88 bits per heavy atom. The van der Waals surface area contributed by atoms with Crippen LogP contribution in [0.4, 0.5) is 0 Å². The van der Waals surface area contributed by atoms with Crippen molar-refractivity contribution in [2.75, 3.05) is 0 Å². The molecule has 1 heterocycles. The standard InChI is InChI=1S/C13H12BrNO2/c1-9-10(8-16)2-7-13(15-9)17-12-5-3-11(14)4-6-12/h2-7,16H,8H2,1H3. The Balaban J connectivity index is 2.19. The topological polar surface area (TPSA) is 42.4 Å². The Labute approximate surface area is 108 Å². The van der Waals surface area contributed by atoms with Crippen molar-refractivity contribution in [1.82, 2.24) is 4.98 Å². The molecule has 1 aromatic carbocycles. The molecule has 0 radical (unpaired) electrons. The van der Waals surface area contributed by atoms with Gasteiger partial charge in [-0.1, -0.05) is 15.9 Å². The average molecular weight is 294 g/mol. The maximum absolute atomic E-state index is 9.04. The summed E-state index contributed by atoms with van der Waals surface area (Å²) in [6.07, 6.45) is 0. The predicted molar refractivity (Wildman–Crippen MR) is 69.1 cm³/mol. The van der Waals surface area contributed by atoms with Crippen LogP contribution in [0.2, 0.25) is 0 Å². The fraction of sp³-hybridized carbons (Fsp3) is 0.154. The van der Waals surface area contributed by atoms with Gasteiger partial charge in [0.1, 0.15) is 5.75 Å². The van der Waals surface area contributed by atoms with E-state index in [4.69, 9.17) is 9.84 Å². The molecule has 0 aliphatic heterocycles. The van der Waals surface area contributed by atoms with Crippen LogP contribution in [-0.4, -0.2) is 10.1 Å². The molecule has 0 bridgehead atoms. The van der Waals surface area contributed by atoms with Gasteiger partial charge in [0.15, 0.2) is 0 Å². The van der Waals surface area contributed by atoms with E-state index in [0.29, 0.717) is 5.88 Å². The van der Waals surface area contributed by atoms with Crippen LogP contribution < -0.4 is 4.74 Å². The van der Waals surface area contributed by atoms with Crippen LogP contribution >= 0.6 is 15.9 Å². The third kappa shape index (κ3) is 3.05. The Kier molecular flexibility index (Phi) is 3.76. The molecule has 2 aromatic rings. The summed E-state index contributed by atoms with van der Waals surface area (Å²) in [7, 11) is 0. The van der Waals surface area contributed by atoms with Crippen LogP contribution in [0, 0.1) is 6.92 Å². The molecule has 0 atom stereocenters. The van der Waals surface area contributed by atoms with Gasteiger partial charge in [-0.3, -0.25) is 0 Å². The van der Waals surface area contributed by atoms with Crippen molar-refractivity contribution < 1.29 is 9.84 Å². The molecular formula is C13H12BrNO2. The van der Waals surface area contributed by atoms with Crippen LogP contribution in [0.5, 0.6) is 11.6 Å². The molecule has 1 aromatic heterocycles. The largest absolute Gasteiger partial charge is 0.439 e. The third-order valence-electron chi connectivity index (χ3n) is 2.38. The summed E-state index contributed by atoms with van der Waals surface area (Å²) < 4.78 is 6.60. The maximum atomic E-state index is 9.04. The molecule has 2 rings (SSSR count). The van der Waals surface area contributed by atoms with Gasteiger partial charge in [0, 0.05) is 16.2 Å². The zero-order chi connectivity index (χ0) is 12.3. The quantitative estimate of drug-likeness (QED) is 0.943. The number of pyridine rings is 1. The molecule has 0 aliphatic rings. The molecule has 0 fully saturated rings. The van der Waals surface area contributed by atoms with Crippen molar-refractivity contribution in [3.05, 3.63) is 52.1 Å². The second-order valence-corrected chi connectivity index (χ2v) is 4.52. The van der Waals surface area contributed by atoms with Crippen molar-refractivity contribution in [2.24, 2.45) is 0 Å². The minimum absolute atomic E-state index is 0.00258. The van der Waals surface area contributed by atoms with E-state index in [9.17, 15) is 0 Å². The normalized spacial score (nSPS) is 10.3. The number of benzene rings is 1. The summed E-state index contributed by atoms with van der Waals surface area (Å²) in [5, 5.41) is 9.04. The van der Waals surface area contributed by atoms with E-state index in [0.717, 1.165) is 21.5 Å². The second-order valence-electron chi connectivity index (χ2n) is 3.61. The molecule has 88 valence electrons. The van der Waals surface area contributed by atoms with E-state index in [2.05, 4.69) is 20.9 Å². The fourth-order valence-corrected chi connectivity index (χ4v) is 1.68. The van der Waals surface area contributed by atoms with Crippen molar-refractivity contribution in [3.63, 3.8) is 0 Å². The lowest BCUT2D eigenvalue weighted by molar-refractivity contribution is 0.280. The molecular weight excluding hydrogens is 282 g/mol. The second kappa shape index (κ2) is 5.29. The van der Waals surface area contributed by atoms with Crippen molar-refractivity contribution >= 4 is 15.9 Å². The average Bonchev–Trinajstić information content (AvgIpc) is 2.32. The molecule has 0 saturated heterocycles. The number of hydrogen-bond donors (Lipinski definition) is 1. The molecule has 17 heavy (non-hydrogen) atoms. The van der Waals surface area contributed by atoms with Crippen molar-refractivity contribution in [2.45, 2.75) is 13.5 Å². The summed E-state index contributed by atoms with van der Waals surface area (Å²) in [5.74, 6) is 1.26. The highest BCUT2D eigenvalue weighted by Gasteiger charge is 2.02. The van der Waals surface area contributed by atoms with Gasteiger partial charge >= 0.3 is 0 Å². The summed E-state index contributed by atoms with van der Waals surface area (Å²) in [6, 6.07) is 11.1. The first kappa shape index (κ1) is 12.1. The van der Waals surface area contributed by atoms with E-state index < -0.39 is 0 Å². The number of hydrogen-bond acceptors (Lipinski definition) is 3. The zero-order valence-electron chi connectivity index (χ0n) is 9.35. The molecule has 3 nitrogen and oxygen atoms in total. The first-order valence-corrected chi connectivity index (χ1v) is 5.99. The molecule has 0 spiro atoms. The van der Waals surface area contributed by atoms with Gasteiger partial charge < -0.3 is 9.84 Å². The van der Waals surface area contributed by atoms with E-state index in [1.54, 1.807) is 6.07 Å². The van der Waals surface area contributed by atoms with Gasteiger partial charge in [0.2, 0.25) is 5.88 Å². The molecule has 4 heteroatoms. The monoisotopic (exact) mass is 293 g/mol. The Bertz CT molecular complexity index is 511. The summed E-state index contributed by atoms with van der Waals surface area (Å²) in [5.41, 5.74) is 1.59. The van der Waals surface area contributed by atoms with Crippen molar-refractivity contribution in [1.29, 1.82) is 0 Å². The lowest BCUT2D eigenvalue weighted by atomic mass is 10.2. The number of ether oxygens (including phenoxy) is 1. The maximum Gasteiger partial charge on any atom is 0.219 e. The Morgan fingerprint density at radius 3 is 2.47 bits per heavy atom. The van der Waals surface area contributed by atoms with Crippen LogP contribution in [0.1, 0.15) is 11.3 Å². The number of aromatic nitrogens is 1. The van der Waals surface area contributed by atoms with E-state index >= 15 is 0 Å². The van der Waals surface area contributed by atoms with Crippen molar-refractivity contribution in [3.8, 4) is 11.6 Å². The number of aliphatic hydroxyl groups excluding tert-OH is 1. The van der Waals surface area contributed by atoms with E-state index in [1.165, 1.54) is 0 Å². The van der Waals surface area contributed by atoms with Crippen LogP contribution in [0.15, 0.2) is 40.9 Å². The number of rotatable bonds is 3. The number of aryl methyl sites for hydroxylation is 1. The van der Waals surface area contributed by atoms with E-state index in [1.807, 2.05) is 37.3 Å². The highest BCUT2D eigenvalue weighted by atomic mass is 79.9. The minimum atomic E-state index is -0.00258. The molecule has 0 saturated carbocycles. The number of halogens is 1. The molecule has 1 N–H and O–H groups in total.